The summed E-state index contributed by atoms with van der Waals surface area (Å²) >= 11 is 0. The number of carbonyl (C=O) groups excluding carboxylic acids is 2. The lowest BCUT2D eigenvalue weighted by Gasteiger charge is -2.40. The van der Waals surface area contributed by atoms with Crippen LogP contribution in [0.15, 0.2) is 72.9 Å². The van der Waals surface area contributed by atoms with Crippen molar-refractivity contribution in [2.45, 2.75) is 205 Å². The molecule has 13 heteroatoms. The minimum Gasteiger partial charge on any atom is -0.462 e. The maximum atomic E-state index is 12.8. The van der Waals surface area contributed by atoms with Crippen LogP contribution in [0.2, 0.25) is 0 Å². The van der Waals surface area contributed by atoms with Gasteiger partial charge in [-0.25, -0.2) is 0 Å². The van der Waals surface area contributed by atoms with Gasteiger partial charge in [0.2, 0.25) is 0 Å². The number of carbonyl (C=O) groups is 2. The Kier molecular flexibility index (Phi) is 35.5. The van der Waals surface area contributed by atoms with E-state index in [1.807, 2.05) is 0 Å². The first-order valence-corrected chi connectivity index (χ1v) is 25.1. The second-order valence-corrected chi connectivity index (χ2v) is 17.6. The number of hydrogen-bond acceptors (Lipinski definition) is 11. The van der Waals surface area contributed by atoms with Crippen molar-refractivity contribution >= 4 is 22.1 Å². The van der Waals surface area contributed by atoms with Crippen LogP contribution in [-0.4, -0.2) is 96.0 Å². The van der Waals surface area contributed by atoms with Gasteiger partial charge in [-0.1, -0.05) is 145 Å². The third-order valence-electron chi connectivity index (χ3n) is 10.2. The first-order chi connectivity index (χ1) is 30.0. The quantitative estimate of drug-likeness (QED) is 0.0199. The summed E-state index contributed by atoms with van der Waals surface area (Å²) in [5.74, 6) is -2.04. The SMILES string of the molecule is CCC/C=C/C/C=C/C/C=C/C/C=C/CCCCCC(=O)OC[C@H](CO[C@H]1O[C@H](CS(=O)(=O)O)[C@@H](O)C(O)C1O)OC(=O)CCCCCCCCC/C=C/C/C=C/CCCCC. The molecule has 2 unspecified atom stereocenters. The van der Waals surface area contributed by atoms with Crippen LogP contribution in [0.4, 0.5) is 0 Å². The second-order valence-electron chi connectivity index (χ2n) is 16.1. The van der Waals surface area contributed by atoms with Crippen molar-refractivity contribution in [3.63, 3.8) is 0 Å². The topological polar surface area (TPSA) is 186 Å². The van der Waals surface area contributed by atoms with Crippen molar-refractivity contribution < 1.29 is 56.8 Å². The molecule has 0 aromatic carbocycles. The van der Waals surface area contributed by atoms with Gasteiger partial charge in [0.05, 0.1) is 6.61 Å². The second kappa shape index (κ2) is 38.5. The van der Waals surface area contributed by atoms with Gasteiger partial charge in [0.15, 0.2) is 12.4 Å². The normalized spacial score (nSPS) is 20.5. The highest BCUT2D eigenvalue weighted by molar-refractivity contribution is 7.85. The molecule has 0 spiro atoms. The van der Waals surface area contributed by atoms with Crippen molar-refractivity contribution in [1.82, 2.24) is 0 Å². The van der Waals surface area contributed by atoms with Crippen LogP contribution in [0.25, 0.3) is 0 Å². The van der Waals surface area contributed by atoms with Gasteiger partial charge < -0.3 is 34.3 Å². The Hall–Kier alpha value is -2.91. The lowest BCUT2D eigenvalue weighted by atomic mass is 10.00. The molecule has 4 N–H and O–H groups in total. The first-order valence-electron chi connectivity index (χ1n) is 23.5. The van der Waals surface area contributed by atoms with Gasteiger partial charge in [-0.3, -0.25) is 14.1 Å². The molecule has 1 aliphatic rings. The molecule has 1 rings (SSSR count). The van der Waals surface area contributed by atoms with E-state index in [0.717, 1.165) is 96.3 Å². The Morgan fingerprint density at radius 3 is 1.52 bits per heavy atom. The lowest BCUT2D eigenvalue weighted by molar-refractivity contribution is -0.297. The Labute approximate surface area is 374 Å². The van der Waals surface area contributed by atoms with Gasteiger partial charge in [-0.05, 0) is 83.5 Å². The molecule has 6 atom stereocenters. The van der Waals surface area contributed by atoms with Crippen molar-refractivity contribution in [3.05, 3.63) is 72.9 Å². The molecule has 1 heterocycles. The van der Waals surface area contributed by atoms with E-state index in [-0.39, 0.29) is 19.4 Å². The summed E-state index contributed by atoms with van der Waals surface area (Å²) in [6, 6.07) is 0. The molecular formula is C49H82O12S. The van der Waals surface area contributed by atoms with Gasteiger partial charge in [0.1, 0.15) is 36.8 Å². The molecule has 1 saturated heterocycles. The average molecular weight is 895 g/mol. The number of aliphatic hydroxyl groups is 3. The molecule has 0 amide bonds. The summed E-state index contributed by atoms with van der Waals surface area (Å²) in [4.78, 5) is 25.4. The molecule has 0 bridgehead atoms. The molecule has 62 heavy (non-hydrogen) atoms. The third kappa shape index (κ3) is 32.7. The molecule has 0 aliphatic carbocycles. The number of ether oxygens (including phenoxy) is 4. The van der Waals surface area contributed by atoms with Crippen LogP contribution in [0.3, 0.4) is 0 Å². The van der Waals surface area contributed by atoms with Gasteiger partial charge >= 0.3 is 11.9 Å². The Morgan fingerprint density at radius 1 is 0.548 bits per heavy atom. The fourth-order valence-corrected chi connectivity index (χ4v) is 7.27. The fourth-order valence-electron chi connectivity index (χ4n) is 6.58. The maximum absolute atomic E-state index is 12.8. The molecule has 356 valence electrons. The molecule has 1 fully saturated rings. The molecule has 1 aliphatic heterocycles. The number of esters is 2. The smallest absolute Gasteiger partial charge is 0.306 e. The minimum absolute atomic E-state index is 0.144. The monoisotopic (exact) mass is 895 g/mol. The zero-order chi connectivity index (χ0) is 45.5. The highest BCUT2D eigenvalue weighted by Crippen LogP contribution is 2.24. The standard InChI is InChI=1S/C49H82O12S/c1-3-5-7-9-11-13-15-17-19-21-23-25-27-29-31-33-35-37-44(50)58-39-42(40-59-49-48(54)47(53)46(52)43(61-49)41-62(55,56)57)60-45(51)38-36-34-32-30-28-26-24-22-20-18-16-14-12-10-8-6-4-2/h7,9,12-15,18-21,25,27,42-43,46-49,52-54H,3-6,8,10-11,16-17,22-24,26,28-41H2,1-2H3,(H,55,56,57)/b9-7+,14-12+,15-13+,20-18+,21-19+,27-25+/t42-,43-,46-,47?,48?,49+/m1/s1. The molecule has 0 aromatic rings. The minimum atomic E-state index is -4.61. The highest BCUT2D eigenvalue weighted by Gasteiger charge is 2.46. The largest absolute Gasteiger partial charge is 0.462 e. The first kappa shape index (κ1) is 57.1. The summed E-state index contributed by atoms with van der Waals surface area (Å²) < 4.78 is 54.1. The van der Waals surface area contributed by atoms with E-state index in [1.54, 1.807) is 0 Å². The van der Waals surface area contributed by atoms with Crippen LogP contribution in [0.5, 0.6) is 0 Å². The summed E-state index contributed by atoms with van der Waals surface area (Å²) in [6.07, 6.45) is 39.3. The van der Waals surface area contributed by atoms with Gasteiger partial charge in [-0.15, -0.1) is 0 Å². The predicted molar refractivity (Wildman–Crippen MR) is 247 cm³/mol. The van der Waals surface area contributed by atoms with Gasteiger partial charge in [-0.2, -0.15) is 8.42 Å². The molecule has 0 saturated carbocycles. The maximum Gasteiger partial charge on any atom is 0.306 e. The van der Waals surface area contributed by atoms with Crippen LogP contribution >= 0.6 is 0 Å². The third-order valence-corrected chi connectivity index (χ3v) is 11.0. The zero-order valence-electron chi connectivity index (χ0n) is 37.9. The summed E-state index contributed by atoms with van der Waals surface area (Å²) in [5, 5.41) is 30.9. The average Bonchev–Trinajstić information content (AvgIpc) is 3.24. The Balaban J connectivity index is 2.47. The van der Waals surface area contributed by atoms with Crippen molar-refractivity contribution in [2.24, 2.45) is 0 Å². The van der Waals surface area contributed by atoms with E-state index >= 15 is 0 Å². The van der Waals surface area contributed by atoms with Crippen molar-refractivity contribution in [2.75, 3.05) is 19.0 Å². The van der Waals surface area contributed by atoms with Gasteiger partial charge in [0, 0.05) is 12.8 Å². The number of allylic oxidation sites excluding steroid dienone is 12. The number of unbranched alkanes of at least 4 members (excludes halogenated alkanes) is 14. The summed E-state index contributed by atoms with van der Waals surface area (Å²) in [7, 11) is -4.61. The van der Waals surface area contributed by atoms with E-state index in [0.29, 0.717) is 12.8 Å². The highest BCUT2D eigenvalue weighted by atomic mass is 32.2. The molecule has 12 nitrogen and oxygen atoms in total. The lowest BCUT2D eigenvalue weighted by Crippen LogP contribution is -2.60. The number of rotatable bonds is 38. The van der Waals surface area contributed by atoms with E-state index in [2.05, 4.69) is 86.8 Å². The van der Waals surface area contributed by atoms with Crippen molar-refractivity contribution in [3.8, 4) is 0 Å². The predicted octanol–water partition coefficient (Wildman–Crippen LogP) is 9.89. The fraction of sp³-hybridized carbons (Fsp3) is 0.714. The van der Waals surface area contributed by atoms with E-state index in [1.165, 1.54) is 32.1 Å². The summed E-state index contributed by atoms with van der Waals surface area (Å²) in [6.45, 7) is 3.63. The Morgan fingerprint density at radius 2 is 1.00 bits per heavy atom. The van der Waals surface area contributed by atoms with Crippen LogP contribution in [0.1, 0.15) is 168 Å². The molecule has 0 radical (unpaired) electrons. The van der Waals surface area contributed by atoms with Crippen LogP contribution in [-0.2, 0) is 38.7 Å². The van der Waals surface area contributed by atoms with Crippen molar-refractivity contribution in [1.29, 1.82) is 0 Å². The number of aliphatic hydroxyl groups excluding tert-OH is 3. The van der Waals surface area contributed by atoms with Crippen LogP contribution < -0.4 is 0 Å². The van der Waals surface area contributed by atoms with Crippen LogP contribution in [0, 0.1) is 0 Å². The Bertz CT molecular complexity index is 1420. The molecular weight excluding hydrogens is 813 g/mol. The van der Waals surface area contributed by atoms with Gasteiger partial charge in [0.25, 0.3) is 10.1 Å². The number of hydrogen-bond donors (Lipinski definition) is 4. The zero-order valence-corrected chi connectivity index (χ0v) is 38.8. The summed E-state index contributed by atoms with van der Waals surface area (Å²) in [5.41, 5.74) is 0. The van der Waals surface area contributed by atoms with E-state index in [9.17, 15) is 37.9 Å². The van der Waals surface area contributed by atoms with E-state index in [4.69, 9.17) is 18.9 Å². The van der Waals surface area contributed by atoms with E-state index < -0.39 is 71.2 Å². The molecule has 0 aromatic heterocycles.